The first-order chi connectivity index (χ1) is 10.2. The van der Waals surface area contributed by atoms with Gasteiger partial charge in [-0.15, -0.1) is 0 Å². The van der Waals surface area contributed by atoms with E-state index in [1.807, 2.05) is 30.3 Å². The summed E-state index contributed by atoms with van der Waals surface area (Å²) < 4.78 is 0. The van der Waals surface area contributed by atoms with Gasteiger partial charge in [0.2, 0.25) is 5.91 Å². The van der Waals surface area contributed by atoms with E-state index in [0.717, 1.165) is 29.7 Å². The Bertz CT molecular complexity index is 611. The lowest BCUT2D eigenvalue weighted by Crippen LogP contribution is -2.28. The quantitative estimate of drug-likeness (QED) is 0.910. The van der Waals surface area contributed by atoms with Gasteiger partial charge in [0, 0.05) is 18.7 Å². The van der Waals surface area contributed by atoms with Gasteiger partial charge in [0.15, 0.2) is 5.13 Å². The molecule has 110 valence electrons. The fraction of sp³-hybridized carbons (Fsp3) is 0.375. The van der Waals surface area contributed by atoms with E-state index in [4.69, 9.17) is 5.73 Å². The van der Waals surface area contributed by atoms with Gasteiger partial charge in [-0.1, -0.05) is 48.1 Å². The summed E-state index contributed by atoms with van der Waals surface area (Å²) in [5, 5.41) is 3.55. The number of hydrogen-bond acceptors (Lipinski definition) is 4. The zero-order chi connectivity index (χ0) is 14.7. The first kappa shape index (κ1) is 14.2. The molecule has 3 rings (SSSR count). The fourth-order valence-electron chi connectivity index (χ4n) is 2.80. The van der Waals surface area contributed by atoms with Crippen LogP contribution in [0.2, 0.25) is 0 Å². The molecule has 2 atom stereocenters. The Morgan fingerprint density at radius 2 is 2.14 bits per heavy atom. The predicted molar refractivity (Wildman–Crippen MR) is 86.1 cm³/mol. The Hall–Kier alpha value is -1.72. The van der Waals surface area contributed by atoms with Gasteiger partial charge in [-0.05, 0) is 24.3 Å². The molecule has 1 aromatic carbocycles. The summed E-state index contributed by atoms with van der Waals surface area (Å²) in [5.41, 5.74) is 7.13. The first-order valence-corrected chi connectivity index (χ1v) is 8.10. The van der Waals surface area contributed by atoms with Gasteiger partial charge in [-0.2, -0.15) is 0 Å². The highest BCUT2D eigenvalue weighted by Crippen LogP contribution is 2.30. The molecule has 1 aliphatic carbocycles. The fourth-order valence-corrected chi connectivity index (χ4v) is 3.63. The van der Waals surface area contributed by atoms with Crippen LogP contribution in [-0.4, -0.2) is 16.9 Å². The third-order valence-electron chi connectivity index (χ3n) is 3.98. The average molecular weight is 301 g/mol. The van der Waals surface area contributed by atoms with Crippen molar-refractivity contribution >= 4 is 22.4 Å². The van der Waals surface area contributed by atoms with Crippen molar-refractivity contribution in [3.8, 4) is 10.4 Å². The number of carbonyl (C=O) groups is 1. The predicted octanol–water partition coefficient (Wildman–Crippen LogP) is 3.27. The molecular formula is C16H19N3OS. The number of aromatic nitrogens is 1. The van der Waals surface area contributed by atoms with Crippen molar-refractivity contribution < 1.29 is 4.79 Å². The van der Waals surface area contributed by atoms with E-state index < -0.39 is 0 Å². The number of rotatable bonds is 4. The topological polar surface area (TPSA) is 68.0 Å². The Morgan fingerprint density at radius 1 is 1.33 bits per heavy atom. The molecule has 0 aliphatic heterocycles. The summed E-state index contributed by atoms with van der Waals surface area (Å²) in [5.74, 6) is 0.338. The third kappa shape index (κ3) is 3.49. The molecule has 21 heavy (non-hydrogen) atoms. The number of anilines is 1. The van der Waals surface area contributed by atoms with Gasteiger partial charge in [-0.3, -0.25) is 4.79 Å². The SMILES string of the molecule is N[C@@H]1CCC[C@H]1CC(=O)Nc1ncc(-c2ccccc2)s1. The lowest BCUT2D eigenvalue weighted by Gasteiger charge is -2.13. The minimum atomic E-state index is 0.0197. The summed E-state index contributed by atoms with van der Waals surface area (Å²) >= 11 is 1.50. The maximum Gasteiger partial charge on any atom is 0.226 e. The number of nitrogens with zero attached hydrogens (tertiary/aromatic N) is 1. The second kappa shape index (κ2) is 6.37. The van der Waals surface area contributed by atoms with Gasteiger partial charge in [0.05, 0.1) is 4.88 Å². The van der Waals surface area contributed by atoms with Crippen molar-refractivity contribution in [2.45, 2.75) is 31.7 Å². The van der Waals surface area contributed by atoms with Crippen molar-refractivity contribution in [1.82, 2.24) is 4.98 Å². The number of nitrogens with two attached hydrogens (primary N) is 1. The molecule has 2 aromatic rings. The van der Waals surface area contributed by atoms with Gasteiger partial charge < -0.3 is 11.1 Å². The van der Waals surface area contributed by atoms with Crippen LogP contribution in [-0.2, 0) is 4.79 Å². The molecule has 1 fully saturated rings. The van der Waals surface area contributed by atoms with Crippen LogP contribution < -0.4 is 11.1 Å². The van der Waals surface area contributed by atoms with Gasteiger partial charge >= 0.3 is 0 Å². The van der Waals surface area contributed by atoms with Crippen molar-refractivity contribution in [2.75, 3.05) is 5.32 Å². The Labute approximate surface area is 128 Å². The molecule has 1 heterocycles. The standard InChI is InChI=1S/C16H19N3OS/c17-13-8-4-7-12(13)9-15(20)19-16-18-10-14(21-16)11-5-2-1-3-6-11/h1-3,5-6,10,12-13H,4,7-9,17H2,(H,18,19,20)/t12-,13+/m0/s1. The molecule has 1 aliphatic rings. The summed E-state index contributed by atoms with van der Waals surface area (Å²) in [6.45, 7) is 0. The molecule has 1 aromatic heterocycles. The van der Waals surface area contributed by atoms with Crippen molar-refractivity contribution in [3.63, 3.8) is 0 Å². The number of benzene rings is 1. The molecule has 0 saturated heterocycles. The van der Waals surface area contributed by atoms with Gasteiger partial charge in [0.25, 0.3) is 0 Å². The second-order valence-electron chi connectivity index (χ2n) is 5.50. The molecule has 0 radical (unpaired) electrons. The molecule has 4 nitrogen and oxygen atoms in total. The first-order valence-electron chi connectivity index (χ1n) is 7.29. The second-order valence-corrected chi connectivity index (χ2v) is 6.53. The van der Waals surface area contributed by atoms with Crippen LogP contribution in [0.5, 0.6) is 0 Å². The molecule has 1 amide bonds. The van der Waals surface area contributed by atoms with Gasteiger partial charge in [0.1, 0.15) is 0 Å². The molecular weight excluding hydrogens is 282 g/mol. The number of thiazole rings is 1. The lowest BCUT2D eigenvalue weighted by molar-refractivity contribution is -0.117. The normalized spacial score (nSPS) is 21.4. The Morgan fingerprint density at radius 3 is 2.86 bits per heavy atom. The largest absolute Gasteiger partial charge is 0.327 e. The third-order valence-corrected chi connectivity index (χ3v) is 4.94. The maximum atomic E-state index is 12.1. The van der Waals surface area contributed by atoms with E-state index in [2.05, 4.69) is 10.3 Å². The van der Waals surface area contributed by atoms with Crippen LogP contribution in [0.4, 0.5) is 5.13 Å². The smallest absolute Gasteiger partial charge is 0.226 e. The number of nitrogens with one attached hydrogen (secondary N) is 1. The minimum Gasteiger partial charge on any atom is -0.327 e. The summed E-state index contributed by atoms with van der Waals surface area (Å²) in [4.78, 5) is 17.4. The Balaban J connectivity index is 1.61. The highest BCUT2D eigenvalue weighted by atomic mass is 32.1. The van der Waals surface area contributed by atoms with E-state index in [-0.39, 0.29) is 11.9 Å². The molecule has 3 N–H and O–H groups in total. The monoisotopic (exact) mass is 301 g/mol. The molecule has 1 saturated carbocycles. The van der Waals surface area contributed by atoms with Crippen LogP contribution in [0.25, 0.3) is 10.4 Å². The van der Waals surface area contributed by atoms with Crippen LogP contribution >= 0.6 is 11.3 Å². The zero-order valence-corrected chi connectivity index (χ0v) is 12.6. The lowest BCUT2D eigenvalue weighted by atomic mass is 10.00. The average Bonchev–Trinajstić information content (AvgIpc) is 3.10. The van der Waals surface area contributed by atoms with Crippen molar-refractivity contribution in [2.24, 2.45) is 11.7 Å². The van der Waals surface area contributed by atoms with Crippen LogP contribution in [0.3, 0.4) is 0 Å². The van der Waals surface area contributed by atoms with Crippen molar-refractivity contribution in [3.05, 3.63) is 36.5 Å². The summed E-state index contributed by atoms with van der Waals surface area (Å²) in [7, 11) is 0. The van der Waals surface area contributed by atoms with Gasteiger partial charge in [-0.25, -0.2) is 4.98 Å². The van der Waals surface area contributed by atoms with Crippen molar-refractivity contribution in [1.29, 1.82) is 0 Å². The van der Waals surface area contributed by atoms with Crippen LogP contribution in [0.1, 0.15) is 25.7 Å². The van der Waals surface area contributed by atoms with Crippen LogP contribution in [0.15, 0.2) is 36.5 Å². The number of amides is 1. The van der Waals surface area contributed by atoms with E-state index >= 15 is 0 Å². The molecule has 0 spiro atoms. The van der Waals surface area contributed by atoms with E-state index in [0.29, 0.717) is 17.5 Å². The van der Waals surface area contributed by atoms with E-state index in [1.165, 1.54) is 11.3 Å². The maximum absolute atomic E-state index is 12.1. The molecule has 5 heteroatoms. The highest BCUT2D eigenvalue weighted by Gasteiger charge is 2.26. The zero-order valence-electron chi connectivity index (χ0n) is 11.8. The molecule has 0 unspecified atom stereocenters. The highest BCUT2D eigenvalue weighted by molar-refractivity contribution is 7.19. The Kier molecular flexibility index (Phi) is 4.31. The van der Waals surface area contributed by atoms with E-state index in [1.54, 1.807) is 6.20 Å². The summed E-state index contributed by atoms with van der Waals surface area (Å²) in [6.07, 6.45) is 5.53. The van der Waals surface area contributed by atoms with Crippen LogP contribution in [0, 0.1) is 5.92 Å². The summed E-state index contributed by atoms with van der Waals surface area (Å²) in [6, 6.07) is 10.2. The molecule has 0 bridgehead atoms. The van der Waals surface area contributed by atoms with E-state index in [9.17, 15) is 4.79 Å². The number of hydrogen-bond donors (Lipinski definition) is 2. The number of carbonyl (C=O) groups excluding carboxylic acids is 1. The minimum absolute atomic E-state index is 0.0197.